The molecule has 1 aliphatic carbocycles. The first-order valence-corrected chi connectivity index (χ1v) is 9.58. The fraction of sp³-hybridized carbons (Fsp3) is 0.400. The van der Waals surface area contributed by atoms with E-state index in [0.29, 0.717) is 33.4 Å². The molecule has 1 aromatic heterocycles. The summed E-state index contributed by atoms with van der Waals surface area (Å²) in [5.41, 5.74) is 2.07. The molecule has 7 heteroatoms. The smallest absolute Gasteiger partial charge is 0.221 e. The number of amides is 1. The zero-order valence-electron chi connectivity index (χ0n) is 15.9. The number of ketones is 1. The van der Waals surface area contributed by atoms with Gasteiger partial charge in [-0.15, -0.1) is 11.3 Å². The topological polar surface area (TPSA) is 73.9 Å². The molecule has 1 N–H and O–H groups in total. The molecule has 0 aliphatic heterocycles. The maximum absolute atomic E-state index is 13.4. The van der Waals surface area contributed by atoms with Crippen LogP contribution in [0.1, 0.15) is 46.1 Å². The number of aryl methyl sites for hydroxylation is 1. The van der Waals surface area contributed by atoms with Crippen LogP contribution in [0, 0.1) is 0 Å². The highest BCUT2D eigenvalue weighted by molar-refractivity contribution is 7.17. The molecule has 0 spiro atoms. The van der Waals surface area contributed by atoms with Crippen LogP contribution in [0.25, 0.3) is 0 Å². The molecule has 0 radical (unpaired) electrons. The van der Waals surface area contributed by atoms with E-state index < -0.39 is 0 Å². The molecule has 1 amide bonds. The van der Waals surface area contributed by atoms with Gasteiger partial charge in [-0.1, -0.05) is 0 Å². The Kier molecular flexibility index (Phi) is 5.70. The lowest BCUT2D eigenvalue weighted by Crippen LogP contribution is -2.12. The normalized spacial score (nSPS) is 12.9. The number of carbonyl (C=O) groups is 2. The molecule has 1 heterocycles. The Morgan fingerprint density at radius 2 is 1.63 bits per heavy atom. The monoisotopic (exact) mass is 389 g/mol. The minimum absolute atomic E-state index is 0.155. The number of hydrogen-bond donors (Lipinski definition) is 1. The third-order valence-corrected chi connectivity index (χ3v) is 5.82. The summed E-state index contributed by atoms with van der Waals surface area (Å²) in [7, 11) is 4.55. The first-order chi connectivity index (χ1) is 13.0. The highest BCUT2D eigenvalue weighted by Gasteiger charge is 2.28. The van der Waals surface area contributed by atoms with E-state index in [2.05, 4.69) is 5.32 Å². The Bertz CT molecular complexity index is 862. The number of nitrogens with one attached hydrogen (secondary N) is 1. The molecule has 0 unspecified atom stereocenters. The van der Waals surface area contributed by atoms with Crippen LogP contribution in [0.5, 0.6) is 17.2 Å². The van der Waals surface area contributed by atoms with Crippen molar-refractivity contribution in [3.63, 3.8) is 0 Å². The fourth-order valence-corrected chi connectivity index (χ4v) is 4.74. The Balaban J connectivity index is 2.13. The lowest BCUT2D eigenvalue weighted by molar-refractivity contribution is -0.114. The van der Waals surface area contributed by atoms with E-state index in [1.54, 1.807) is 12.1 Å². The van der Waals surface area contributed by atoms with Crippen molar-refractivity contribution in [3.8, 4) is 17.2 Å². The van der Waals surface area contributed by atoms with Gasteiger partial charge in [0, 0.05) is 17.4 Å². The first kappa shape index (κ1) is 19.2. The van der Waals surface area contributed by atoms with Gasteiger partial charge in [-0.25, -0.2) is 0 Å². The molecule has 6 nitrogen and oxygen atoms in total. The Hall–Kier alpha value is -2.54. The highest BCUT2D eigenvalue weighted by atomic mass is 32.1. The van der Waals surface area contributed by atoms with Crippen molar-refractivity contribution in [1.82, 2.24) is 0 Å². The van der Waals surface area contributed by atoms with E-state index in [-0.39, 0.29) is 11.7 Å². The highest BCUT2D eigenvalue weighted by Crippen LogP contribution is 2.42. The van der Waals surface area contributed by atoms with E-state index in [0.717, 1.165) is 31.2 Å². The van der Waals surface area contributed by atoms with Crippen molar-refractivity contribution in [1.29, 1.82) is 0 Å². The van der Waals surface area contributed by atoms with Crippen LogP contribution in [0.2, 0.25) is 0 Å². The quantitative estimate of drug-likeness (QED) is 0.760. The number of methoxy groups -OCH3 is 3. The summed E-state index contributed by atoms with van der Waals surface area (Å²) >= 11 is 1.50. The average Bonchev–Trinajstić information content (AvgIpc) is 3.02. The van der Waals surface area contributed by atoms with Crippen LogP contribution in [0.4, 0.5) is 5.00 Å². The van der Waals surface area contributed by atoms with Crippen molar-refractivity contribution in [2.75, 3.05) is 26.6 Å². The second kappa shape index (κ2) is 8.00. The molecule has 144 valence electrons. The van der Waals surface area contributed by atoms with Gasteiger partial charge in [-0.05, 0) is 43.4 Å². The van der Waals surface area contributed by atoms with Gasteiger partial charge in [0.25, 0.3) is 0 Å². The van der Waals surface area contributed by atoms with Gasteiger partial charge >= 0.3 is 0 Å². The lowest BCUT2D eigenvalue weighted by Gasteiger charge is -2.15. The zero-order chi connectivity index (χ0) is 19.6. The van der Waals surface area contributed by atoms with Gasteiger partial charge in [0.15, 0.2) is 17.3 Å². The van der Waals surface area contributed by atoms with Gasteiger partial charge in [0.1, 0.15) is 5.00 Å². The zero-order valence-corrected chi connectivity index (χ0v) is 16.7. The molecular weight excluding hydrogens is 366 g/mol. The number of fused-ring (bicyclic) bond motifs is 1. The summed E-state index contributed by atoms with van der Waals surface area (Å²) in [5, 5.41) is 3.45. The maximum Gasteiger partial charge on any atom is 0.221 e. The second-order valence-electron chi connectivity index (χ2n) is 6.34. The third-order valence-electron chi connectivity index (χ3n) is 4.61. The van der Waals surface area contributed by atoms with Crippen molar-refractivity contribution < 1.29 is 23.8 Å². The van der Waals surface area contributed by atoms with E-state index in [1.165, 1.54) is 44.5 Å². The van der Waals surface area contributed by atoms with Crippen LogP contribution < -0.4 is 19.5 Å². The predicted octanol–water partition coefficient (Wildman–Crippen LogP) is 3.84. The molecule has 0 atom stereocenters. The van der Waals surface area contributed by atoms with E-state index in [1.807, 2.05) is 0 Å². The summed E-state index contributed by atoms with van der Waals surface area (Å²) in [5.74, 6) is 0.937. The van der Waals surface area contributed by atoms with Crippen LogP contribution in [-0.2, 0) is 17.6 Å². The fourth-order valence-electron chi connectivity index (χ4n) is 3.41. The van der Waals surface area contributed by atoms with E-state index >= 15 is 0 Å². The van der Waals surface area contributed by atoms with Crippen molar-refractivity contribution in [2.45, 2.75) is 32.6 Å². The molecule has 0 saturated heterocycles. The van der Waals surface area contributed by atoms with Crippen LogP contribution in [0.15, 0.2) is 12.1 Å². The standard InChI is InChI=1S/C20H23NO5S/c1-11(22)21-20-17(13-7-5-6-8-16(13)27-20)18(23)12-9-14(24-2)19(26-4)15(10-12)25-3/h9-10H,5-8H2,1-4H3,(H,21,22). The average molecular weight is 389 g/mol. The molecule has 3 rings (SSSR count). The summed E-state index contributed by atoms with van der Waals surface area (Å²) in [6.07, 6.45) is 3.93. The number of hydrogen-bond acceptors (Lipinski definition) is 6. The Labute approximate surface area is 162 Å². The molecule has 0 fully saturated rings. The molecule has 27 heavy (non-hydrogen) atoms. The summed E-state index contributed by atoms with van der Waals surface area (Å²) in [6.45, 7) is 1.45. The number of thiophene rings is 1. The van der Waals surface area contributed by atoms with Crippen molar-refractivity contribution in [3.05, 3.63) is 33.7 Å². The number of benzene rings is 1. The minimum Gasteiger partial charge on any atom is -0.493 e. The van der Waals surface area contributed by atoms with Gasteiger partial charge in [0.2, 0.25) is 11.7 Å². The first-order valence-electron chi connectivity index (χ1n) is 8.77. The SMILES string of the molecule is COc1cc(C(=O)c2c(NC(C)=O)sc3c2CCCC3)cc(OC)c1OC. The Morgan fingerprint density at radius 3 is 2.19 bits per heavy atom. The van der Waals surface area contributed by atoms with Gasteiger partial charge in [0.05, 0.1) is 26.9 Å². The van der Waals surface area contributed by atoms with Crippen LogP contribution in [0.3, 0.4) is 0 Å². The largest absolute Gasteiger partial charge is 0.493 e. The number of carbonyl (C=O) groups excluding carboxylic acids is 2. The van der Waals surface area contributed by atoms with Gasteiger partial charge in [-0.3, -0.25) is 9.59 Å². The number of rotatable bonds is 6. The minimum atomic E-state index is -0.187. The summed E-state index contributed by atoms with van der Waals surface area (Å²) in [6, 6.07) is 3.29. The number of anilines is 1. The maximum atomic E-state index is 13.4. The van der Waals surface area contributed by atoms with E-state index in [9.17, 15) is 9.59 Å². The molecule has 1 aliphatic rings. The lowest BCUT2D eigenvalue weighted by atomic mass is 9.91. The summed E-state index contributed by atoms with van der Waals surface area (Å²) in [4.78, 5) is 26.3. The number of ether oxygens (including phenoxy) is 3. The molecule has 0 saturated carbocycles. The Morgan fingerprint density at radius 1 is 1.00 bits per heavy atom. The molecule has 2 aromatic rings. The van der Waals surface area contributed by atoms with E-state index in [4.69, 9.17) is 14.2 Å². The van der Waals surface area contributed by atoms with Crippen molar-refractivity contribution in [2.24, 2.45) is 0 Å². The van der Waals surface area contributed by atoms with Gasteiger partial charge in [-0.2, -0.15) is 0 Å². The molecule has 0 bridgehead atoms. The predicted molar refractivity (Wildman–Crippen MR) is 105 cm³/mol. The van der Waals surface area contributed by atoms with Crippen LogP contribution in [-0.4, -0.2) is 33.0 Å². The van der Waals surface area contributed by atoms with Crippen LogP contribution >= 0.6 is 11.3 Å². The third kappa shape index (κ3) is 3.64. The summed E-state index contributed by atoms with van der Waals surface area (Å²) < 4.78 is 16.1. The second-order valence-corrected chi connectivity index (χ2v) is 7.44. The van der Waals surface area contributed by atoms with Crippen molar-refractivity contribution >= 4 is 28.0 Å². The van der Waals surface area contributed by atoms with Gasteiger partial charge < -0.3 is 19.5 Å². The molecular formula is C20H23NO5S. The molecule has 1 aromatic carbocycles.